The topological polar surface area (TPSA) is 74.0 Å². The summed E-state index contributed by atoms with van der Waals surface area (Å²) in [4.78, 5) is 24.2. The number of benzene rings is 1. The molecule has 4 aromatic rings. The van der Waals surface area contributed by atoms with Crippen molar-refractivity contribution in [3.05, 3.63) is 45.6 Å². The van der Waals surface area contributed by atoms with E-state index in [4.69, 9.17) is 15.2 Å². The van der Waals surface area contributed by atoms with Crippen LogP contribution in [0.5, 0.6) is 0 Å². The fourth-order valence-corrected chi connectivity index (χ4v) is 4.81. The number of nitrogens with zero attached hydrogens (tertiary/aromatic N) is 5. The Morgan fingerprint density at radius 3 is 2.47 bits per heavy atom. The Bertz CT molecular complexity index is 1240. The number of thiophene rings is 1. The minimum atomic E-state index is -0.115. The number of fused-ring (bicyclic) bond motifs is 4. The monoisotopic (exact) mass is 425 g/mol. The molecule has 0 saturated carbocycles. The number of aromatic nitrogens is 3. The normalized spacial score (nSPS) is 15.0. The zero-order valence-corrected chi connectivity index (χ0v) is 18.4. The maximum Gasteiger partial charge on any atom is 0.283 e. The Hall–Kier alpha value is -2.55. The summed E-state index contributed by atoms with van der Waals surface area (Å²) in [5, 5.41) is 16.5. The van der Waals surface area contributed by atoms with Crippen molar-refractivity contribution in [2.24, 2.45) is 0 Å². The Morgan fingerprint density at radius 1 is 1.07 bits per heavy atom. The van der Waals surface area contributed by atoms with Gasteiger partial charge in [-0.3, -0.25) is 9.69 Å². The molecule has 0 amide bonds. The van der Waals surface area contributed by atoms with Crippen LogP contribution in [0.4, 0.5) is 5.82 Å². The predicted molar refractivity (Wildman–Crippen MR) is 124 cm³/mol. The van der Waals surface area contributed by atoms with Gasteiger partial charge in [0, 0.05) is 48.4 Å². The van der Waals surface area contributed by atoms with Crippen LogP contribution in [0.2, 0.25) is 0 Å². The molecule has 1 saturated heterocycles. The standard InChI is InChI=1S/C20H21N5O2S.C2H6/c1-13-12-16-19(28-13)21-17-14-4-2-3-5-15(14)18(22-25(17)20(16)27)24-8-6-23(7-9-24)10-11-26;1-2/h2-5,12,26H,6-11H2,1H3;1-2H3. The molecule has 3 aromatic heterocycles. The smallest absolute Gasteiger partial charge is 0.283 e. The van der Waals surface area contributed by atoms with E-state index in [1.165, 1.54) is 15.9 Å². The Morgan fingerprint density at radius 2 is 1.77 bits per heavy atom. The van der Waals surface area contributed by atoms with E-state index in [2.05, 4.69) is 9.80 Å². The molecule has 8 heteroatoms. The Labute approximate surface area is 179 Å². The third-order valence-electron chi connectivity index (χ3n) is 5.36. The first kappa shape index (κ1) is 20.7. The van der Waals surface area contributed by atoms with Gasteiger partial charge in [-0.15, -0.1) is 16.4 Å². The second-order valence-corrected chi connectivity index (χ2v) is 8.38. The number of aliphatic hydroxyl groups is 1. The van der Waals surface area contributed by atoms with Gasteiger partial charge in [0.25, 0.3) is 5.56 Å². The molecule has 0 atom stereocenters. The number of β-amino-alcohol motifs (C(OH)–C–C–N with tert-alkyl or cyclic N) is 1. The number of hydrogen-bond donors (Lipinski definition) is 1. The Kier molecular flexibility index (Phi) is 5.99. The lowest BCUT2D eigenvalue weighted by atomic mass is 10.1. The van der Waals surface area contributed by atoms with E-state index < -0.39 is 0 Å². The quantitative estimate of drug-likeness (QED) is 0.509. The average molecular weight is 426 g/mol. The molecule has 1 aromatic carbocycles. The van der Waals surface area contributed by atoms with Crippen LogP contribution in [-0.2, 0) is 0 Å². The van der Waals surface area contributed by atoms with Crippen molar-refractivity contribution in [3.63, 3.8) is 0 Å². The van der Waals surface area contributed by atoms with Crippen molar-refractivity contribution in [1.29, 1.82) is 0 Å². The highest BCUT2D eigenvalue weighted by Crippen LogP contribution is 2.29. The average Bonchev–Trinajstić information content (AvgIpc) is 3.16. The largest absolute Gasteiger partial charge is 0.395 e. The van der Waals surface area contributed by atoms with Crippen LogP contribution in [0.15, 0.2) is 35.1 Å². The van der Waals surface area contributed by atoms with Crippen molar-refractivity contribution in [2.75, 3.05) is 44.2 Å². The van der Waals surface area contributed by atoms with Crippen LogP contribution < -0.4 is 10.5 Å². The lowest BCUT2D eigenvalue weighted by Gasteiger charge is -2.35. The summed E-state index contributed by atoms with van der Waals surface area (Å²) in [5.41, 5.74) is 0.493. The van der Waals surface area contributed by atoms with Crippen LogP contribution in [0.25, 0.3) is 26.6 Å². The third-order valence-corrected chi connectivity index (χ3v) is 6.30. The molecule has 1 fully saturated rings. The van der Waals surface area contributed by atoms with E-state index >= 15 is 0 Å². The lowest BCUT2D eigenvalue weighted by Crippen LogP contribution is -2.47. The molecule has 7 nitrogen and oxygen atoms in total. The van der Waals surface area contributed by atoms with E-state index in [1.807, 2.05) is 51.1 Å². The number of aliphatic hydroxyl groups excluding tert-OH is 1. The number of hydrogen-bond acceptors (Lipinski definition) is 7. The minimum absolute atomic E-state index is 0.115. The summed E-state index contributed by atoms with van der Waals surface area (Å²) in [5.74, 6) is 0.821. The van der Waals surface area contributed by atoms with Crippen molar-refractivity contribution in [1.82, 2.24) is 19.5 Å². The summed E-state index contributed by atoms with van der Waals surface area (Å²) >= 11 is 1.54. The molecule has 1 aliphatic rings. The van der Waals surface area contributed by atoms with Gasteiger partial charge >= 0.3 is 0 Å². The van der Waals surface area contributed by atoms with Crippen LogP contribution in [0.3, 0.4) is 0 Å². The molecular formula is C22H27N5O2S. The van der Waals surface area contributed by atoms with E-state index in [-0.39, 0.29) is 12.2 Å². The van der Waals surface area contributed by atoms with Gasteiger partial charge in [0.1, 0.15) is 4.83 Å². The van der Waals surface area contributed by atoms with Gasteiger partial charge in [-0.1, -0.05) is 38.1 Å². The van der Waals surface area contributed by atoms with Crippen LogP contribution in [0.1, 0.15) is 18.7 Å². The zero-order chi connectivity index (χ0) is 21.3. The summed E-state index contributed by atoms with van der Waals surface area (Å²) in [6.45, 7) is 10.2. The maximum absolute atomic E-state index is 13.1. The van der Waals surface area contributed by atoms with Crippen LogP contribution >= 0.6 is 11.3 Å². The van der Waals surface area contributed by atoms with E-state index in [0.29, 0.717) is 17.6 Å². The van der Waals surface area contributed by atoms with Gasteiger partial charge in [-0.05, 0) is 13.0 Å². The van der Waals surface area contributed by atoms with Gasteiger partial charge in [0.15, 0.2) is 11.5 Å². The molecule has 0 bridgehead atoms. The van der Waals surface area contributed by atoms with Crippen molar-refractivity contribution in [2.45, 2.75) is 20.8 Å². The summed E-state index contributed by atoms with van der Waals surface area (Å²) < 4.78 is 1.46. The first-order chi connectivity index (χ1) is 14.7. The lowest BCUT2D eigenvalue weighted by molar-refractivity contribution is 0.188. The van der Waals surface area contributed by atoms with Crippen molar-refractivity contribution < 1.29 is 5.11 Å². The molecule has 30 heavy (non-hydrogen) atoms. The van der Waals surface area contributed by atoms with E-state index in [0.717, 1.165) is 52.5 Å². The van der Waals surface area contributed by atoms with Crippen LogP contribution in [-0.4, -0.2) is 63.9 Å². The molecule has 4 heterocycles. The summed E-state index contributed by atoms with van der Waals surface area (Å²) in [6.07, 6.45) is 0. The first-order valence-corrected chi connectivity index (χ1v) is 11.3. The number of anilines is 1. The highest BCUT2D eigenvalue weighted by Gasteiger charge is 2.22. The van der Waals surface area contributed by atoms with Gasteiger partial charge in [-0.25, -0.2) is 4.98 Å². The second kappa shape index (κ2) is 8.67. The zero-order valence-electron chi connectivity index (χ0n) is 17.6. The molecule has 158 valence electrons. The highest BCUT2D eigenvalue weighted by molar-refractivity contribution is 7.18. The van der Waals surface area contributed by atoms with Crippen LogP contribution in [0, 0.1) is 6.92 Å². The highest BCUT2D eigenvalue weighted by atomic mass is 32.1. The summed E-state index contributed by atoms with van der Waals surface area (Å²) in [7, 11) is 0. The van der Waals surface area contributed by atoms with Crippen molar-refractivity contribution >= 4 is 43.8 Å². The molecule has 1 aliphatic heterocycles. The molecule has 0 radical (unpaired) electrons. The van der Waals surface area contributed by atoms with E-state index in [9.17, 15) is 4.79 Å². The van der Waals surface area contributed by atoms with Gasteiger partial charge < -0.3 is 10.0 Å². The molecule has 5 rings (SSSR count). The van der Waals surface area contributed by atoms with Crippen molar-refractivity contribution in [3.8, 4) is 0 Å². The predicted octanol–water partition coefficient (Wildman–Crippen LogP) is 2.91. The molecule has 1 N–H and O–H groups in total. The van der Waals surface area contributed by atoms with Gasteiger partial charge in [0.05, 0.1) is 12.0 Å². The summed E-state index contributed by atoms with van der Waals surface area (Å²) in [6, 6.07) is 9.93. The van der Waals surface area contributed by atoms with E-state index in [1.54, 1.807) is 0 Å². The maximum atomic E-state index is 13.1. The number of piperazine rings is 1. The molecule has 0 unspecified atom stereocenters. The SMILES string of the molecule is CC.Cc1cc2c(=O)n3nc(N4CCN(CCO)CC4)c4ccccc4c3nc2s1. The fraction of sp³-hybridized carbons (Fsp3) is 0.409. The minimum Gasteiger partial charge on any atom is -0.395 e. The molecular weight excluding hydrogens is 398 g/mol. The Balaban J connectivity index is 0.00000106. The molecule has 0 spiro atoms. The fourth-order valence-electron chi connectivity index (χ4n) is 3.94. The molecule has 0 aliphatic carbocycles. The number of aryl methyl sites for hydroxylation is 1. The number of rotatable bonds is 3. The van der Waals surface area contributed by atoms with Gasteiger partial charge in [-0.2, -0.15) is 4.52 Å². The van der Waals surface area contributed by atoms with Gasteiger partial charge in [0.2, 0.25) is 0 Å². The second-order valence-electron chi connectivity index (χ2n) is 7.15. The third kappa shape index (κ3) is 3.55. The first-order valence-electron chi connectivity index (χ1n) is 10.5.